The number of amides is 1. The Kier molecular flexibility index (Phi) is 4.84. The Morgan fingerprint density at radius 2 is 2.17 bits per heavy atom. The van der Waals surface area contributed by atoms with E-state index in [0.717, 1.165) is 4.47 Å². The van der Waals surface area contributed by atoms with Crippen LogP contribution >= 0.6 is 15.9 Å². The van der Waals surface area contributed by atoms with Gasteiger partial charge in [0, 0.05) is 22.4 Å². The first-order valence-corrected chi connectivity index (χ1v) is 6.16. The number of nitrogens with zero attached hydrogens (tertiary/aromatic N) is 1. The number of rotatable bonds is 3. The summed E-state index contributed by atoms with van der Waals surface area (Å²) in [5, 5.41) is 2.48. The normalized spacial score (nSPS) is 12.7. The van der Waals surface area contributed by atoms with Crippen LogP contribution in [-0.4, -0.2) is 23.0 Å². The minimum absolute atomic E-state index is 0.588. The standard InChI is InChI=1S/C12H15BrN2O3/c1-12(2,3)18-11(17)15-10(7-16)8-4-9(13)6-14-5-8/h4-7,10H,1-3H3,(H,15,17). The minimum atomic E-state index is -0.773. The Labute approximate surface area is 114 Å². The molecule has 0 aliphatic carbocycles. The van der Waals surface area contributed by atoms with Gasteiger partial charge in [0.05, 0.1) is 0 Å². The number of aldehydes is 1. The van der Waals surface area contributed by atoms with Crippen molar-refractivity contribution in [2.24, 2.45) is 0 Å². The Morgan fingerprint density at radius 1 is 1.50 bits per heavy atom. The highest BCUT2D eigenvalue weighted by molar-refractivity contribution is 9.10. The molecule has 0 saturated heterocycles. The first-order chi connectivity index (χ1) is 8.31. The van der Waals surface area contributed by atoms with Gasteiger partial charge in [0.15, 0.2) is 0 Å². The van der Waals surface area contributed by atoms with E-state index < -0.39 is 17.7 Å². The van der Waals surface area contributed by atoms with E-state index in [-0.39, 0.29) is 0 Å². The molecule has 0 fully saturated rings. The number of carbonyl (C=O) groups is 2. The molecule has 0 saturated carbocycles. The molecule has 1 amide bonds. The van der Waals surface area contributed by atoms with Crippen molar-refractivity contribution < 1.29 is 14.3 Å². The SMILES string of the molecule is CC(C)(C)OC(=O)NC(C=O)c1cncc(Br)c1. The summed E-state index contributed by atoms with van der Waals surface area (Å²) in [7, 11) is 0. The van der Waals surface area contributed by atoms with Crippen molar-refractivity contribution in [3.8, 4) is 0 Å². The van der Waals surface area contributed by atoms with Crippen molar-refractivity contribution in [1.29, 1.82) is 0 Å². The van der Waals surface area contributed by atoms with Crippen LogP contribution in [0.4, 0.5) is 4.79 Å². The second-order valence-corrected chi connectivity index (χ2v) is 5.61. The van der Waals surface area contributed by atoms with Crippen LogP contribution in [0.25, 0.3) is 0 Å². The van der Waals surface area contributed by atoms with Crippen molar-refractivity contribution >= 4 is 28.3 Å². The average molecular weight is 315 g/mol. The molecule has 1 aromatic heterocycles. The van der Waals surface area contributed by atoms with Crippen LogP contribution in [0, 0.1) is 0 Å². The zero-order valence-corrected chi connectivity index (χ0v) is 12.0. The first-order valence-electron chi connectivity index (χ1n) is 5.37. The predicted molar refractivity (Wildman–Crippen MR) is 70.1 cm³/mol. The molecule has 1 atom stereocenters. The molecule has 98 valence electrons. The Hall–Kier alpha value is -1.43. The predicted octanol–water partition coefficient (Wildman–Crippen LogP) is 2.61. The second-order valence-electron chi connectivity index (χ2n) is 4.70. The van der Waals surface area contributed by atoms with Crippen molar-refractivity contribution in [1.82, 2.24) is 10.3 Å². The molecule has 6 heteroatoms. The number of hydrogen-bond donors (Lipinski definition) is 1. The number of carbonyl (C=O) groups excluding carboxylic acids is 2. The molecule has 0 aliphatic rings. The molecule has 1 unspecified atom stereocenters. The maximum absolute atomic E-state index is 11.6. The Bertz CT molecular complexity index is 443. The smallest absolute Gasteiger partial charge is 0.408 e. The van der Waals surface area contributed by atoms with E-state index in [0.29, 0.717) is 11.8 Å². The van der Waals surface area contributed by atoms with Crippen molar-refractivity contribution in [2.75, 3.05) is 0 Å². The van der Waals surface area contributed by atoms with Crippen molar-refractivity contribution in [3.63, 3.8) is 0 Å². The van der Waals surface area contributed by atoms with Gasteiger partial charge < -0.3 is 14.8 Å². The molecule has 0 radical (unpaired) electrons. The molecule has 18 heavy (non-hydrogen) atoms. The summed E-state index contributed by atoms with van der Waals surface area (Å²) in [4.78, 5) is 26.5. The van der Waals surface area contributed by atoms with E-state index in [9.17, 15) is 9.59 Å². The van der Waals surface area contributed by atoms with Crippen molar-refractivity contribution in [3.05, 3.63) is 28.5 Å². The van der Waals surface area contributed by atoms with Crippen LogP contribution in [0.3, 0.4) is 0 Å². The minimum Gasteiger partial charge on any atom is -0.444 e. The fraction of sp³-hybridized carbons (Fsp3) is 0.417. The van der Waals surface area contributed by atoms with Crippen LogP contribution in [-0.2, 0) is 9.53 Å². The zero-order valence-electron chi connectivity index (χ0n) is 10.4. The van der Waals surface area contributed by atoms with Gasteiger partial charge in [-0.2, -0.15) is 0 Å². The molecule has 5 nitrogen and oxygen atoms in total. The summed E-state index contributed by atoms with van der Waals surface area (Å²) in [5.74, 6) is 0. The van der Waals surface area contributed by atoms with Gasteiger partial charge in [-0.15, -0.1) is 0 Å². The van der Waals surface area contributed by atoms with Crippen LogP contribution < -0.4 is 5.32 Å². The summed E-state index contributed by atoms with van der Waals surface area (Å²) in [6.07, 6.45) is 3.10. The molecule has 1 N–H and O–H groups in total. The third-order valence-electron chi connectivity index (χ3n) is 1.89. The van der Waals surface area contributed by atoms with E-state index in [2.05, 4.69) is 26.2 Å². The van der Waals surface area contributed by atoms with Gasteiger partial charge in [-0.25, -0.2) is 4.79 Å². The highest BCUT2D eigenvalue weighted by Gasteiger charge is 2.20. The van der Waals surface area contributed by atoms with E-state index in [1.807, 2.05) is 0 Å². The van der Waals surface area contributed by atoms with E-state index in [1.165, 1.54) is 6.20 Å². The fourth-order valence-corrected chi connectivity index (χ4v) is 1.61. The summed E-state index contributed by atoms with van der Waals surface area (Å²) >= 11 is 3.25. The number of ether oxygens (including phenoxy) is 1. The highest BCUT2D eigenvalue weighted by Crippen LogP contribution is 2.16. The number of halogens is 1. The van der Waals surface area contributed by atoms with Crippen LogP contribution in [0.15, 0.2) is 22.9 Å². The van der Waals surface area contributed by atoms with E-state index in [4.69, 9.17) is 4.74 Å². The van der Waals surface area contributed by atoms with Gasteiger partial charge >= 0.3 is 6.09 Å². The molecule has 0 aromatic carbocycles. The fourth-order valence-electron chi connectivity index (χ4n) is 1.23. The average Bonchev–Trinajstić information content (AvgIpc) is 2.23. The Balaban J connectivity index is 2.74. The quantitative estimate of drug-likeness (QED) is 0.871. The molecule has 1 aromatic rings. The third kappa shape index (κ3) is 4.83. The summed E-state index contributed by atoms with van der Waals surface area (Å²) in [6, 6.07) is 0.938. The molecule has 1 rings (SSSR count). The summed E-state index contributed by atoms with van der Waals surface area (Å²) < 4.78 is 5.81. The lowest BCUT2D eigenvalue weighted by Gasteiger charge is -2.21. The van der Waals surface area contributed by atoms with Gasteiger partial charge in [0.25, 0.3) is 0 Å². The molecule has 1 heterocycles. The zero-order chi connectivity index (χ0) is 13.8. The van der Waals surface area contributed by atoms with Gasteiger partial charge in [-0.1, -0.05) is 0 Å². The number of nitrogens with one attached hydrogen (secondary N) is 1. The summed E-state index contributed by atoms with van der Waals surface area (Å²) in [5.41, 5.74) is -0.0159. The van der Waals surface area contributed by atoms with Crippen LogP contribution in [0.2, 0.25) is 0 Å². The van der Waals surface area contributed by atoms with Crippen LogP contribution in [0.5, 0.6) is 0 Å². The van der Waals surface area contributed by atoms with Crippen molar-refractivity contribution in [2.45, 2.75) is 32.4 Å². The van der Waals surface area contributed by atoms with Gasteiger partial charge in [-0.05, 0) is 42.8 Å². The summed E-state index contributed by atoms with van der Waals surface area (Å²) in [6.45, 7) is 5.26. The van der Waals surface area contributed by atoms with Gasteiger partial charge in [0.1, 0.15) is 17.9 Å². The number of pyridine rings is 1. The van der Waals surface area contributed by atoms with Gasteiger partial charge in [-0.3, -0.25) is 4.98 Å². The largest absolute Gasteiger partial charge is 0.444 e. The molecule has 0 aliphatic heterocycles. The molecular formula is C12H15BrN2O3. The third-order valence-corrected chi connectivity index (χ3v) is 2.33. The molecular weight excluding hydrogens is 300 g/mol. The van der Waals surface area contributed by atoms with Gasteiger partial charge in [0.2, 0.25) is 0 Å². The lowest BCUT2D eigenvalue weighted by atomic mass is 10.1. The highest BCUT2D eigenvalue weighted by atomic mass is 79.9. The van der Waals surface area contributed by atoms with Crippen LogP contribution in [0.1, 0.15) is 32.4 Å². The number of hydrogen-bond acceptors (Lipinski definition) is 4. The lowest BCUT2D eigenvalue weighted by Crippen LogP contribution is -2.35. The van der Waals surface area contributed by atoms with E-state index >= 15 is 0 Å². The van der Waals surface area contributed by atoms with E-state index in [1.54, 1.807) is 33.0 Å². The molecule has 0 bridgehead atoms. The topological polar surface area (TPSA) is 68.3 Å². The Morgan fingerprint density at radius 3 is 2.67 bits per heavy atom. The maximum Gasteiger partial charge on any atom is 0.408 e. The maximum atomic E-state index is 11.6. The number of aromatic nitrogens is 1. The lowest BCUT2D eigenvalue weighted by molar-refractivity contribution is -0.109. The second kappa shape index (κ2) is 5.95. The first kappa shape index (κ1) is 14.6. The molecule has 0 spiro atoms. The number of alkyl carbamates (subject to hydrolysis) is 1. The monoisotopic (exact) mass is 314 g/mol.